The summed E-state index contributed by atoms with van der Waals surface area (Å²) in [5.41, 5.74) is 3.27. The number of benzene rings is 2. The third kappa shape index (κ3) is 3.71. The molecule has 1 N–H and O–H groups in total. The minimum Gasteiger partial charge on any atom is -0.490 e. The monoisotopic (exact) mass is 336 g/mol. The van der Waals surface area contributed by atoms with Crippen molar-refractivity contribution in [3.8, 4) is 5.75 Å². The van der Waals surface area contributed by atoms with Crippen LogP contribution >= 0.6 is 0 Å². The first kappa shape index (κ1) is 16.8. The van der Waals surface area contributed by atoms with Crippen molar-refractivity contribution in [2.45, 2.75) is 13.3 Å². The summed E-state index contributed by atoms with van der Waals surface area (Å²) in [4.78, 5) is 25.7. The van der Waals surface area contributed by atoms with E-state index >= 15 is 0 Å². The Hall–Kier alpha value is -3.08. The van der Waals surface area contributed by atoms with Gasteiger partial charge in [0.15, 0.2) is 0 Å². The molecule has 0 spiro atoms. The van der Waals surface area contributed by atoms with E-state index in [4.69, 9.17) is 4.74 Å². The van der Waals surface area contributed by atoms with Gasteiger partial charge in [0.1, 0.15) is 12.4 Å². The average molecular weight is 336 g/mol. The van der Waals surface area contributed by atoms with Gasteiger partial charge in [-0.05, 0) is 54.4 Å². The number of hydrogen-bond donors (Lipinski definition) is 1. The summed E-state index contributed by atoms with van der Waals surface area (Å²) in [6.45, 7) is 6.28. The molecule has 1 aliphatic rings. The molecule has 128 valence electrons. The predicted octanol–water partition coefficient (Wildman–Crippen LogP) is 3.41. The fourth-order valence-electron chi connectivity index (χ4n) is 2.87. The average Bonchev–Trinajstić information content (AvgIpc) is 3.03. The van der Waals surface area contributed by atoms with Gasteiger partial charge in [0.25, 0.3) is 5.91 Å². The summed E-state index contributed by atoms with van der Waals surface area (Å²) in [5, 5.41) is 2.90. The van der Waals surface area contributed by atoms with Crippen LogP contribution in [0.3, 0.4) is 0 Å². The van der Waals surface area contributed by atoms with E-state index in [-0.39, 0.29) is 11.8 Å². The van der Waals surface area contributed by atoms with Crippen LogP contribution in [0, 0.1) is 0 Å². The molecular weight excluding hydrogens is 316 g/mol. The Labute approximate surface area is 146 Å². The molecule has 1 aliphatic heterocycles. The maximum atomic E-state index is 12.4. The normalized spacial score (nSPS) is 12.4. The van der Waals surface area contributed by atoms with Crippen LogP contribution < -0.4 is 15.0 Å². The van der Waals surface area contributed by atoms with Gasteiger partial charge in [-0.25, -0.2) is 0 Å². The third-order valence-corrected chi connectivity index (χ3v) is 4.10. The van der Waals surface area contributed by atoms with Crippen LogP contribution in [0.1, 0.15) is 22.8 Å². The number of rotatable bonds is 5. The van der Waals surface area contributed by atoms with Crippen molar-refractivity contribution >= 4 is 23.2 Å². The lowest BCUT2D eigenvalue weighted by Crippen LogP contribution is -2.25. The van der Waals surface area contributed by atoms with E-state index in [1.807, 2.05) is 18.2 Å². The maximum absolute atomic E-state index is 12.4. The summed E-state index contributed by atoms with van der Waals surface area (Å²) in [7, 11) is 0. The molecule has 0 radical (unpaired) electrons. The van der Waals surface area contributed by atoms with Gasteiger partial charge in [0.2, 0.25) is 5.91 Å². The van der Waals surface area contributed by atoms with Gasteiger partial charge in [-0.15, -0.1) is 0 Å². The van der Waals surface area contributed by atoms with E-state index in [0.717, 1.165) is 23.4 Å². The van der Waals surface area contributed by atoms with Crippen LogP contribution in [-0.2, 0) is 11.2 Å². The second-order valence-electron chi connectivity index (χ2n) is 5.84. The van der Waals surface area contributed by atoms with E-state index in [0.29, 0.717) is 24.5 Å². The minimum atomic E-state index is -0.184. The van der Waals surface area contributed by atoms with Crippen LogP contribution in [0.4, 0.5) is 11.4 Å². The zero-order valence-electron chi connectivity index (χ0n) is 14.1. The quantitative estimate of drug-likeness (QED) is 0.851. The molecule has 5 heteroatoms. The number of fused-ring (bicyclic) bond motifs is 1. The summed E-state index contributed by atoms with van der Waals surface area (Å²) >= 11 is 0. The number of carbonyl (C=O) groups excluding carboxylic acids is 2. The van der Waals surface area contributed by atoms with Crippen LogP contribution in [0.2, 0.25) is 0 Å². The highest BCUT2D eigenvalue weighted by atomic mass is 16.5. The molecule has 2 aromatic carbocycles. The Balaban J connectivity index is 1.69. The van der Waals surface area contributed by atoms with E-state index in [1.54, 1.807) is 42.2 Å². The topological polar surface area (TPSA) is 58.6 Å². The maximum Gasteiger partial charge on any atom is 0.255 e. The Bertz CT molecular complexity index is 812. The van der Waals surface area contributed by atoms with E-state index < -0.39 is 0 Å². The van der Waals surface area contributed by atoms with Crippen molar-refractivity contribution < 1.29 is 14.3 Å². The Morgan fingerprint density at radius 2 is 2.00 bits per heavy atom. The molecule has 2 aromatic rings. The Kier molecular flexibility index (Phi) is 4.84. The van der Waals surface area contributed by atoms with Crippen LogP contribution in [0.25, 0.3) is 0 Å². The second kappa shape index (κ2) is 7.21. The lowest BCUT2D eigenvalue weighted by molar-refractivity contribution is -0.116. The van der Waals surface area contributed by atoms with Gasteiger partial charge < -0.3 is 15.0 Å². The number of amides is 2. The van der Waals surface area contributed by atoms with Crippen molar-refractivity contribution in [2.24, 2.45) is 0 Å². The summed E-state index contributed by atoms with van der Waals surface area (Å²) in [5.74, 6) is 0.546. The van der Waals surface area contributed by atoms with E-state index in [9.17, 15) is 9.59 Å². The molecule has 0 saturated heterocycles. The lowest BCUT2D eigenvalue weighted by Gasteiger charge is -2.15. The number of anilines is 2. The van der Waals surface area contributed by atoms with Crippen molar-refractivity contribution in [3.05, 3.63) is 66.2 Å². The lowest BCUT2D eigenvalue weighted by atomic mass is 10.1. The number of nitrogens with zero attached hydrogens (tertiary/aromatic N) is 1. The number of ether oxygens (including phenoxy) is 1. The number of carbonyl (C=O) groups is 2. The van der Waals surface area contributed by atoms with Gasteiger partial charge in [-0.1, -0.05) is 12.7 Å². The van der Waals surface area contributed by atoms with Gasteiger partial charge in [-0.2, -0.15) is 0 Å². The van der Waals surface area contributed by atoms with Crippen molar-refractivity contribution in [1.29, 1.82) is 0 Å². The molecule has 0 saturated carbocycles. The molecular formula is C20H20N2O3. The van der Waals surface area contributed by atoms with Gasteiger partial charge in [0.05, 0.1) is 0 Å². The SMILES string of the molecule is C=CCOc1ccc(C(=O)Nc2ccc3c(c2)CCN3C(C)=O)cc1. The molecule has 0 fully saturated rings. The van der Waals surface area contributed by atoms with E-state index in [2.05, 4.69) is 11.9 Å². The van der Waals surface area contributed by atoms with E-state index in [1.165, 1.54) is 0 Å². The highest BCUT2D eigenvalue weighted by Crippen LogP contribution is 2.30. The molecule has 5 nitrogen and oxygen atoms in total. The summed E-state index contributed by atoms with van der Waals surface area (Å²) in [6, 6.07) is 12.6. The summed E-state index contributed by atoms with van der Waals surface area (Å²) in [6.07, 6.45) is 2.47. The second-order valence-corrected chi connectivity index (χ2v) is 5.84. The molecule has 1 heterocycles. The predicted molar refractivity (Wildman–Crippen MR) is 98.3 cm³/mol. The highest BCUT2D eigenvalue weighted by Gasteiger charge is 2.22. The fraction of sp³-hybridized carbons (Fsp3) is 0.200. The summed E-state index contributed by atoms with van der Waals surface area (Å²) < 4.78 is 5.41. The van der Waals surface area contributed by atoms with Crippen LogP contribution in [-0.4, -0.2) is 25.0 Å². The van der Waals surface area contributed by atoms with Gasteiger partial charge in [-0.3, -0.25) is 9.59 Å². The van der Waals surface area contributed by atoms with Crippen molar-refractivity contribution in [3.63, 3.8) is 0 Å². The van der Waals surface area contributed by atoms with Crippen LogP contribution in [0.15, 0.2) is 55.1 Å². The third-order valence-electron chi connectivity index (χ3n) is 4.10. The van der Waals surface area contributed by atoms with Crippen molar-refractivity contribution in [1.82, 2.24) is 0 Å². The molecule has 2 amide bonds. The first-order chi connectivity index (χ1) is 12.1. The standard InChI is InChI=1S/C20H20N2O3/c1-3-12-25-18-7-4-15(5-8-18)20(24)21-17-6-9-19-16(13-17)10-11-22(19)14(2)23/h3-9,13H,1,10-12H2,2H3,(H,21,24). The number of nitrogens with one attached hydrogen (secondary N) is 1. The van der Waals surface area contributed by atoms with Crippen LogP contribution in [0.5, 0.6) is 5.75 Å². The highest BCUT2D eigenvalue weighted by molar-refractivity contribution is 6.04. The first-order valence-electron chi connectivity index (χ1n) is 8.14. The van der Waals surface area contributed by atoms with Crippen molar-refractivity contribution in [2.75, 3.05) is 23.4 Å². The first-order valence-corrected chi connectivity index (χ1v) is 8.14. The Morgan fingerprint density at radius 3 is 2.68 bits per heavy atom. The fourth-order valence-corrected chi connectivity index (χ4v) is 2.87. The largest absolute Gasteiger partial charge is 0.490 e. The molecule has 25 heavy (non-hydrogen) atoms. The van der Waals surface area contributed by atoms with Gasteiger partial charge >= 0.3 is 0 Å². The molecule has 0 aliphatic carbocycles. The smallest absolute Gasteiger partial charge is 0.255 e. The Morgan fingerprint density at radius 1 is 1.24 bits per heavy atom. The molecule has 0 atom stereocenters. The molecule has 0 bridgehead atoms. The van der Waals surface area contributed by atoms with Gasteiger partial charge in [0, 0.05) is 30.4 Å². The molecule has 0 aromatic heterocycles. The molecule has 0 unspecified atom stereocenters. The number of hydrogen-bond acceptors (Lipinski definition) is 3. The zero-order chi connectivity index (χ0) is 17.8. The zero-order valence-corrected chi connectivity index (χ0v) is 14.1. The molecule has 3 rings (SSSR count). The minimum absolute atomic E-state index is 0.0364.